The molecule has 1 atom stereocenters. The van der Waals surface area contributed by atoms with Crippen molar-refractivity contribution < 1.29 is 14.6 Å². The number of aliphatic hydroxyl groups excluding tert-OH is 1. The van der Waals surface area contributed by atoms with Gasteiger partial charge in [0.05, 0.1) is 12.8 Å². The van der Waals surface area contributed by atoms with Crippen LogP contribution in [0, 0.1) is 11.3 Å². The molecule has 2 N–H and O–H groups in total. The standard InChI is InChI=1S/C25H22N4O3/c1-29-23-18-8-4-6-14-5-3-7-17(20(14)18)21(23)22(28-29)24(30)19(13-26)25(31)27-15-9-11-16(32-2)12-10-15/h4,6,8-12,17,30H,3,5,7H2,1-2H3,(H,27,31). The number of rotatable bonds is 4. The largest absolute Gasteiger partial charge is 0.504 e. The van der Waals surface area contributed by atoms with Gasteiger partial charge in [-0.25, -0.2) is 0 Å². The van der Waals surface area contributed by atoms with Crippen molar-refractivity contribution in [1.29, 1.82) is 5.26 Å². The monoisotopic (exact) mass is 426 g/mol. The Morgan fingerprint density at radius 2 is 2.03 bits per heavy atom. The van der Waals surface area contributed by atoms with Gasteiger partial charge in [-0.15, -0.1) is 0 Å². The van der Waals surface area contributed by atoms with Gasteiger partial charge in [-0.2, -0.15) is 10.4 Å². The summed E-state index contributed by atoms with van der Waals surface area (Å²) in [6.45, 7) is 0. The van der Waals surface area contributed by atoms with Crippen LogP contribution in [0.5, 0.6) is 5.75 Å². The number of methoxy groups -OCH3 is 1. The molecule has 2 aromatic carbocycles. The summed E-state index contributed by atoms with van der Waals surface area (Å²) in [6.07, 6.45) is 3.03. The van der Waals surface area contributed by atoms with Crippen LogP contribution in [0.15, 0.2) is 48.0 Å². The highest BCUT2D eigenvalue weighted by Gasteiger charge is 2.39. The lowest BCUT2D eigenvalue weighted by molar-refractivity contribution is -0.112. The predicted octanol–water partition coefficient (Wildman–Crippen LogP) is 4.31. The third-order valence-electron chi connectivity index (χ3n) is 6.32. The number of nitrogens with one attached hydrogen (secondary N) is 1. The fraction of sp³-hybridized carbons (Fsp3) is 0.240. The van der Waals surface area contributed by atoms with E-state index in [-0.39, 0.29) is 11.5 Å². The van der Waals surface area contributed by atoms with E-state index in [1.807, 2.05) is 13.1 Å². The fourth-order valence-electron chi connectivity index (χ4n) is 4.94. The van der Waals surface area contributed by atoms with Crippen LogP contribution in [-0.2, 0) is 18.3 Å². The van der Waals surface area contributed by atoms with Crippen LogP contribution in [0.4, 0.5) is 5.69 Å². The summed E-state index contributed by atoms with van der Waals surface area (Å²) in [6, 6.07) is 14.9. The van der Waals surface area contributed by atoms with E-state index in [4.69, 9.17) is 4.74 Å². The number of aryl methyl sites for hydroxylation is 2. The van der Waals surface area contributed by atoms with Crippen LogP contribution < -0.4 is 10.1 Å². The SMILES string of the molecule is COc1ccc(NC(=O)C(C#N)=C(O)c2nn(C)c3c2C2CCCc4cccc-3c42)cc1. The van der Waals surface area contributed by atoms with Crippen molar-refractivity contribution in [1.82, 2.24) is 9.78 Å². The molecule has 0 aliphatic heterocycles. The van der Waals surface area contributed by atoms with E-state index in [2.05, 4.69) is 28.6 Å². The molecule has 2 aliphatic carbocycles. The average molecular weight is 426 g/mol. The summed E-state index contributed by atoms with van der Waals surface area (Å²) in [5.74, 6) is -0.317. The number of benzene rings is 2. The van der Waals surface area contributed by atoms with Gasteiger partial charge in [0.1, 0.15) is 17.5 Å². The Labute approximate surface area is 185 Å². The summed E-state index contributed by atoms with van der Waals surface area (Å²) < 4.78 is 6.86. The van der Waals surface area contributed by atoms with E-state index in [1.54, 1.807) is 36.1 Å². The maximum atomic E-state index is 12.8. The van der Waals surface area contributed by atoms with Crippen LogP contribution in [0.25, 0.3) is 17.0 Å². The molecule has 1 amide bonds. The number of fused-ring (bicyclic) bond motifs is 3. The first-order valence-electron chi connectivity index (χ1n) is 10.5. The van der Waals surface area contributed by atoms with Crippen LogP contribution in [0.3, 0.4) is 0 Å². The van der Waals surface area contributed by atoms with E-state index in [0.717, 1.165) is 36.1 Å². The quantitative estimate of drug-likeness (QED) is 0.368. The lowest BCUT2D eigenvalue weighted by Crippen LogP contribution is -2.16. The highest BCUT2D eigenvalue weighted by atomic mass is 16.5. The van der Waals surface area contributed by atoms with Crippen LogP contribution in [0.1, 0.15) is 41.1 Å². The van der Waals surface area contributed by atoms with Gasteiger partial charge in [0.15, 0.2) is 11.3 Å². The summed E-state index contributed by atoms with van der Waals surface area (Å²) in [5.41, 5.74) is 6.01. The molecule has 0 bridgehead atoms. The maximum Gasteiger partial charge on any atom is 0.270 e. The van der Waals surface area contributed by atoms with E-state index < -0.39 is 11.7 Å². The minimum atomic E-state index is -0.686. The van der Waals surface area contributed by atoms with Gasteiger partial charge in [-0.1, -0.05) is 18.2 Å². The first-order chi connectivity index (χ1) is 15.5. The smallest absolute Gasteiger partial charge is 0.270 e. The number of carbonyl (C=O) groups excluding carboxylic acids is 1. The number of hydrogen-bond acceptors (Lipinski definition) is 5. The number of aromatic nitrogens is 2. The maximum absolute atomic E-state index is 12.8. The average Bonchev–Trinajstić information content (AvgIpc) is 3.32. The molecule has 7 heteroatoms. The highest BCUT2D eigenvalue weighted by molar-refractivity contribution is 6.11. The Hall–Kier alpha value is -4.05. The molecule has 0 spiro atoms. The topological polar surface area (TPSA) is 100 Å². The molecule has 0 saturated carbocycles. The number of amides is 1. The van der Waals surface area contributed by atoms with Crippen molar-refractivity contribution in [2.75, 3.05) is 12.4 Å². The van der Waals surface area contributed by atoms with Crippen molar-refractivity contribution >= 4 is 17.4 Å². The first-order valence-corrected chi connectivity index (χ1v) is 10.5. The van der Waals surface area contributed by atoms with E-state index in [9.17, 15) is 15.2 Å². The normalized spacial score (nSPS) is 16.5. The molecule has 0 saturated heterocycles. The van der Waals surface area contributed by atoms with Crippen molar-refractivity contribution in [3.63, 3.8) is 0 Å². The zero-order chi connectivity index (χ0) is 22.4. The molecule has 0 radical (unpaired) electrons. The Kier molecular flexibility index (Phi) is 4.71. The second-order valence-electron chi connectivity index (χ2n) is 8.08. The Balaban J connectivity index is 1.56. The van der Waals surface area contributed by atoms with Crippen LogP contribution in [-0.4, -0.2) is 27.9 Å². The number of ether oxygens (including phenoxy) is 1. The number of nitrogens with zero attached hydrogens (tertiary/aromatic N) is 3. The third-order valence-corrected chi connectivity index (χ3v) is 6.32. The zero-order valence-corrected chi connectivity index (χ0v) is 17.8. The molecule has 160 valence electrons. The predicted molar refractivity (Wildman–Crippen MR) is 120 cm³/mol. The molecule has 1 heterocycles. The lowest BCUT2D eigenvalue weighted by atomic mass is 9.81. The molecule has 1 aromatic heterocycles. The second-order valence-corrected chi connectivity index (χ2v) is 8.08. The van der Waals surface area contributed by atoms with Gasteiger partial charge in [-0.3, -0.25) is 9.48 Å². The van der Waals surface area contributed by atoms with Gasteiger partial charge in [0.25, 0.3) is 5.91 Å². The fourth-order valence-corrected chi connectivity index (χ4v) is 4.94. The minimum absolute atomic E-state index is 0.111. The number of nitriles is 1. The molecule has 5 rings (SSSR count). The Morgan fingerprint density at radius 3 is 2.75 bits per heavy atom. The molecular weight excluding hydrogens is 404 g/mol. The first kappa shape index (κ1) is 19.9. The van der Waals surface area contributed by atoms with Gasteiger partial charge < -0.3 is 15.2 Å². The van der Waals surface area contributed by atoms with Crippen LogP contribution >= 0.6 is 0 Å². The molecule has 32 heavy (non-hydrogen) atoms. The van der Waals surface area contributed by atoms with E-state index in [0.29, 0.717) is 17.1 Å². The van der Waals surface area contributed by atoms with Gasteiger partial charge >= 0.3 is 0 Å². The molecule has 3 aromatic rings. The summed E-state index contributed by atoms with van der Waals surface area (Å²) >= 11 is 0. The molecule has 0 fully saturated rings. The summed E-state index contributed by atoms with van der Waals surface area (Å²) in [5, 5.41) is 28.0. The van der Waals surface area contributed by atoms with Crippen molar-refractivity contribution in [2.24, 2.45) is 7.05 Å². The Bertz CT molecular complexity index is 1310. The number of carbonyl (C=O) groups is 1. The van der Waals surface area contributed by atoms with Crippen molar-refractivity contribution in [3.8, 4) is 23.1 Å². The number of hydrogen-bond donors (Lipinski definition) is 2. The summed E-state index contributed by atoms with van der Waals surface area (Å²) in [7, 11) is 3.39. The van der Waals surface area contributed by atoms with Crippen molar-refractivity contribution in [3.05, 3.63) is 70.4 Å². The summed E-state index contributed by atoms with van der Waals surface area (Å²) in [4.78, 5) is 12.8. The zero-order valence-electron chi connectivity index (χ0n) is 17.8. The molecule has 7 nitrogen and oxygen atoms in total. The second kappa shape index (κ2) is 7.57. The van der Waals surface area contributed by atoms with Crippen LogP contribution in [0.2, 0.25) is 0 Å². The highest BCUT2D eigenvalue weighted by Crippen LogP contribution is 2.52. The number of aliphatic hydroxyl groups is 1. The van der Waals surface area contributed by atoms with Gasteiger partial charge in [0.2, 0.25) is 0 Å². The minimum Gasteiger partial charge on any atom is -0.504 e. The van der Waals surface area contributed by atoms with E-state index in [1.165, 1.54) is 11.1 Å². The number of anilines is 1. The molecular formula is C25H22N4O3. The molecule has 1 unspecified atom stereocenters. The lowest BCUT2D eigenvalue weighted by Gasteiger charge is -2.22. The third kappa shape index (κ3) is 2.95. The molecule has 2 aliphatic rings. The van der Waals surface area contributed by atoms with Gasteiger partial charge in [0, 0.05) is 29.8 Å². The Morgan fingerprint density at radius 1 is 1.25 bits per heavy atom. The van der Waals surface area contributed by atoms with Crippen molar-refractivity contribution in [2.45, 2.75) is 25.2 Å². The van der Waals surface area contributed by atoms with E-state index >= 15 is 0 Å². The van der Waals surface area contributed by atoms with Gasteiger partial charge in [-0.05, 0) is 54.7 Å².